The van der Waals surface area contributed by atoms with E-state index < -0.39 is 0 Å². The standard InChI is InChI=1S/C55H46N2O2/c1-5-7-13-37(6-2)38-18-24-43(25-19-38)56(45-28-30-47-46-29-22-41(54-58-32-33-59-54)35-50(46)55(3,4)51(47)36-45)44-26-20-39(21-27-44)40-23-31-53-49(34-40)48-16-11-12-17-52(48)57(53)42-14-9-8-10-15-42/h5-31,34-36,54H,2,32-33H2,1,3-4H3/b7-5-,37-13+. The summed E-state index contributed by atoms with van der Waals surface area (Å²) in [5.74, 6) is 0. The Labute approximate surface area is 346 Å². The van der Waals surface area contributed by atoms with E-state index >= 15 is 0 Å². The minimum absolute atomic E-state index is 0.215. The first-order chi connectivity index (χ1) is 28.9. The zero-order chi connectivity index (χ0) is 40.1. The highest BCUT2D eigenvalue weighted by atomic mass is 16.7. The number of aromatic nitrogens is 1. The fourth-order valence-electron chi connectivity index (χ4n) is 9.12. The maximum Gasteiger partial charge on any atom is 0.184 e. The van der Waals surface area contributed by atoms with Crippen LogP contribution in [0.1, 0.15) is 49.3 Å². The lowest BCUT2D eigenvalue weighted by Gasteiger charge is -2.28. The van der Waals surface area contributed by atoms with E-state index in [4.69, 9.17) is 9.47 Å². The van der Waals surface area contributed by atoms with Gasteiger partial charge < -0.3 is 18.9 Å². The monoisotopic (exact) mass is 766 g/mol. The van der Waals surface area contributed by atoms with Gasteiger partial charge in [0, 0.05) is 44.5 Å². The van der Waals surface area contributed by atoms with Gasteiger partial charge in [-0.05, 0) is 124 Å². The van der Waals surface area contributed by atoms with Crippen LogP contribution in [0.3, 0.4) is 0 Å². The molecule has 4 nitrogen and oxygen atoms in total. The van der Waals surface area contributed by atoms with E-state index in [9.17, 15) is 0 Å². The van der Waals surface area contributed by atoms with Crippen molar-refractivity contribution >= 4 is 44.4 Å². The number of benzene rings is 7. The summed E-state index contributed by atoms with van der Waals surface area (Å²) in [6.07, 6.45) is 7.81. The summed E-state index contributed by atoms with van der Waals surface area (Å²) in [6, 6.07) is 57.7. The van der Waals surface area contributed by atoms with Crippen molar-refractivity contribution in [3.8, 4) is 27.9 Å². The third kappa shape index (κ3) is 6.33. The molecule has 1 aliphatic carbocycles. The highest BCUT2D eigenvalue weighted by molar-refractivity contribution is 6.10. The molecule has 2 aliphatic rings. The van der Waals surface area contributed by atoms with Gasteiger partial charge in [-0.1, -0.05) is 130 Å². The van der Waals surface area contributed by atoms with E-state index in [-0.39, 0.29) is 11.7 Å². The van der Waals surface area contributed by atoms with Crippen molar-refractivity contribution in [3.05, 3.63) is 211 Å². The van der Waals surface area contributed by atoms with Crippen LogP contribution in [-0.2, 0) is 14.9 Å². The van der Waals surface area contributed by atoms with Gasteiger partial charge in [0.25, 0.3) is 0 Å². The van der Waals surface area contributed by atoms with Crippen LogP contribution in [-0.4, -0.2) is 17.8 Å². The highest BCUT2D eigenvalue weighted by Gasteiger charge is 2.37. The molecule has 7 aromatic carbocycles. The van der Waals surface area contributed by atoms with Crippen LogP contribution in [0.5, 0.6) is 0 Å². The van der Waals surface area contributed by atoms with Gasteiger partial charge in [-0.15, -0.1) is 0 Å². The molecule has 0 atom stereocenters. The number of para-hydroxylation sites is 2. The topological polar surface area (TPSA) is 26.6 Å². The fourth-order valence-corrected chi connectivity index (χ4v) is 9.12. The number of hydrogen-bond acceptors (Lipinski definition) is 3. The summed E-state index contributed by atoms with van der Waals surface area (Å²) in [5.41, 5.74) is 17.4. The Balaban J connectivity index is 1.05. The zero-order valence-corrected chi connectivity index (χ0v) is 33.7. The van der Waals surface area contributed by atoms with Crippen molar-refractivity contribution in [1.82, 2.24) is 4.57 Å². The Morgan fingerprint density at radius 1 is 0.644 bits per heavy atom. The highest BCUT2D eigenvalue weighted by Crippen LogP contribution is 2.51. The number of allylic oxidation sites excluding steroid dienone is 5. The maximum absolute atomic E-state index is 5.89. The van der Waals surface area contributed by atoms with Crippen molar-refractivity contribution in [2.45, 2.75) is 32.5 Å². The average molecular weight is 767 g/mol. The minimum atomic E-state index is -0.303. The van der Waals surface area contributed by atoms with Crippen LogP contribution in [0.25, 0.3) is 55.3 Å². The molecule has 2 heterocycles. The number of anilines is 3. The van der Waals surface area contributed by atoms with Gasteiger partial charge in [-0.3, -0.25) is 0 Å². The number of fused-ring (bicyclic) bond motifs is 6. The number of hydrogen-bond donors (Lipinski definition) is 0. The quantitative estimate of drug-likeness (QED) is 0.137. The molecule has 1 fully saturated rings. The van der Waals surface area contributed by atoms with Crippen molar-refractivity contribution in [2.24, 2.45) is 0 Å². The predicted octanol–water partition coefficient (Wildman–Crippen LogP) is 14.4. The van der Waals surface area contributed by atoms with E-state index in [1.165, 1.54) is 55.2 Å². The van der Waals surface area contributed by atoms with Crippen LogP contribution >= 0.6 is 0 Å². The SMILES string of the molecule is C=C/C(=C\C=C/C)c1ccc(N(c2ccc(-c3ccc4c(c3)c3ccccc3n4-c3ccccc3)cc2)c2ccc3c(c2)C(C)(C)c2cc(C4OCCO4)ccc2-3)cc1. The summed E-state index contributed by atoms with van der Waals surface area (Å²) in [7, 11) is 0. The first kappa shape index (κ1) is 36.6. The summed E-state index contributed by atoms with van der Waals surface area (Å²) < 4.78 is 14.1. The molecule has 10 rings (SSSR count). The van der Waals surface area contributed by atoms with Crippen LogP contribution in [0.2, 0.25) is 0 Å². The number of rotatable bonds is 9. The van der Waals surface area contributed by atoms with Crippen LogP contribution in [0, 0.1) is 0 Å². The second-order valence-corrected chi connectivity index (χ2v) is 15.9. The third-order valence-corrected chi connectivity index (χ3v) is 12.1. The normalized spacial score (nSPS) is 14.9. The van der Waals surface area contributed by atoms with E-state index in [0.29, 0.717) is 13.2 Å². The smallest absolute Gasteiger partial charge is 0.184 e. The Hall–Kier alpha value is -6.72. The van der Waals surface area contributed by atoms with E-state index in [2.05, 4.69) is 200 Å². The summed E-state index contributed by atoms with van der Waals surface area (Å²) >= 11 is 0. The lowest BCUT2D eigenvalue weighted by atomic mass is 9.81. The van der Waals surface area contributed by atoms with Gasteiger partial charge in [-0.2, -0.15) is 0 Å². The van der Waals surface area contributed by atoms with Gasteiger partial charge >= 0.3 is 0 Å². The second-order valence-electron chi connectivity index (χ2n) is 15.9. The van der Waals surface area contributed by atoms with Crippen LogP contribution < -0.4 is 4.90 Å². The molecule has 0 saturated carbocycles. The molecule has 1 aromatic heterocycles. The van der Waals surface area contributed by atoms with E-state index in [0.717, 1.165) is 39.4 Å². The van der Waals surface area contributed by atoms with Gasteiger partial charge in [0.15, 0.2) is 6.29 Å². The number of ether oxygens (including phenoxy) is 2. The van der Waals surface area contributed by atoms with Gasteiger partial charge in [0.2, 0.25) is 0 Å². The predicted molar refractivity (Wildman–Crippen MR) is 246 cm³/mol. The molecule has 0 N–H and O–H groups in total. The Bertz CT molecular complexity index is 2930. The van der Waals surface area contributed by atoms with Crippen molar-refractivity contribution in [2.75, 3.05) is 18.1 Å². The van der Waals surface area contributed by atoms with Gasteiger partial charge in [0.05, 0.1) is 24.2 Å². The first-order valence-corrected chi connectivity index (χ1v) is 20.5. The molecule has 0 unspecified atom stereocenters. The molecule has 0 amide bonds. The van der Waals surface area contributed by atoms with Gasteiger partial charge in [-0.25, -0.2) is 0 Å². The lowest BCUT2D eigenvalue weighted by Crippen LogP contribution is -2.17. The summed E-state index contributed by atoms with van der Waals surface area (Å²) in [5, 5.41) is 2.49. The molecule has 0 spiro atoms. The number of nitrogens with zero attached hydrogens (tertiary/aromatic N) is 2. The van der Waals surface area contributed by atoms with Crippen LogP contribution in [0.15, 0.2) is 189 Å². The van der Waals surface area contributed by atoms with Crippen molar-refractivity contribution in [3.63, 3.8) is 0 Å². The first-order valence-electron chi connectivity index (χ1n) is 20.5. The largest absolute Gasteiger partial charge is 0.346 e. The van der Waals surface area contributed by atoms with Crippen molar-refractivity contribution < 1.29 is 9.47 Å². The molecule has 59 heavy (non-hydrogen) atoms. The molecule has 1 saturated heterocycles. The Morgan fingerprint density at radius 2 is 1.27 bits per heavy atom. The average Bonchev–Trinajstić information content (AvgIpc) is 3.99. The third-order valence-electron chi connectivity index (χ3n) is 12.1. The van der Waals surface area contributed by atoms with Crippen molar-refractivity contribution in [1.29, 1.82) is 0 Å². The molecule has 4 heteroatoms. The van der Waals surface area contributed by atoms with Crippen LogP contribution in [0.4, 0.5) is 17.1 Å². The molecule has 0 bridgehead atoms. The van der Waals surface area contributed by atoms with E-state index in [1.807, 2.05) is 19.1 Å². The molecule has 288 valence electrons. The van der Waals surface area contributed by atoms with E-state index in [1.54, 1.807) is 0 Å². The molecule has 8 aromatic rings. The molecule has 1 aliphatic heterocycles. The maximum atomic E-state index is 5.89. The summed E-state index contributed by atoms with van der Waals surface area (Å²) in [6.45, 7) is 12.0. The molecular formula is C55H46N2O2. The zero-order valence-electron chi connectivity index (χ0n) is 33.7. The fraction of sp³-hybridized carbons (Fsp3) is 0.127. The Kier molecular flexibility index (Phi) is 9.24. The summed E-state index contributed by atoms with van der Waals surface area (Å²) in [4.78, 5) is 2.37. The lowest BCUT2D eigenvalue weighted by molar-refractivity contribution is -0.0441. The molecular weight excluding hydrogens is 721 g/mol. The second kappa shape index (κ2) is 14.9. The minimum Gasteiger partial charge on any atom is -0.346 e. The Morgan fingerprint density at radius 3 is 2.00 bits per heavy atom. The molecule has 0 radical (unpaired) electrons. The van der Waals surface area contributed by atoms with Gasteiger partial charge in [0.1, 0.15) is 0 Å².